The molecule has 1 atom stereocenters. The summed E-state index contributed by atoms with van der Waals surface area (Å²) in [5.74, 6) is -0.625. The number of halogens is 1. The molecule has 0 saturated heterocycles. The summed E-state index contributed by atoms with van der Waals surface area (Å²) in [6, 6.07) is 6.37. The van der Waals surface area contributed by atoms with E-state index >= 15 is 0 Å². The number of Topliss-reactive ketones (excluding diaryl/α,β-unsaturated/α-hetero) is 1. The van der Waals surface area contributed by atoms with Crippen LogP contribution in [0.3, 0.4) is 0 Å². The number of ketones is 1. The number of aliphatic carboxylic acids is 1. The first kappa shape index (κ1) is 12.7. The van der Waals surface area contributed by atoms with Crippen LogP contribution in [0.2, 0.25) is 0 Å². The van der Waals surface area contributed by atoms with E-state index in [1.807, 2.05) is 0 Å². The summed E-state index contributed by atoms with van der Waals surface area (Å²) in [6.07, 6.45) is 0. The van der Waals surface area contributed by atoms with Crippen molar-refractivity contribution in [3.05, 3.63) is 29.8 Å². The Morgan fingerprint density at radius 3 is 2.38 bits per heavy atom. The summed E-state index contributed by atoms with van der Waals surface area (Å²) in [6.45, 7) is 1.36. The standard InChI is InChI=1S/C11H11BrO4/c1-7(12)11(15)8-2-4-9(5-3-8)16-6-10(13)14/h2-5,7H,6H2,1H3,(H,13,14)/t7-/m1/s1. The molecular formula is C11H11BrO4. The third kappa shape index (κ3) is 3.66. The molecule has 0 heterocycles. The molecule has 0 radical (unpaired) electrons. The number of alkyl halides is 1. The van der Waals surface area contributed by atoms with E-state index in [4.69, 9.17) is 9.84 Å². The highest BCUT2D eigenvalue weighted by molar-refractivity contribution is 9.10. The Kier molecular flexibility index (Phi) is 4.49. The van der Waals surface area contributed by atoms with E-state index in [1.54, 1.807) is 31.2 Å². The number of rotatable bonds is 5. The smallest absolute Gasteiger partial charge is 0.341 e. The summed E-state index contributed by atoms with van der Waals surface area (Å²) in [4.78, 5) is 21.6. The van der Waals surface area contributed by atoms with Crippen molar-refractivity contribution in [1.29, 1.82) is 0 Å². The summed E-state index contributed by atoms with van der Waals surface area (Å²) < 4.78 is 4.94. The molecule has 0 aliphatic rings. The first-order valence-corrected chi connectivity index (χ1v) is 5.55. The maximum Gasteiger partial charge on any atom is 0.341 e. The SMILES string of the molecule is C[C@@H](Br)C(=O)c1ccc(OCC(=O)O)cc1. The molecule has 1 rings (SSSR count). The van der Waals surface area contributed by atoms with Crippen molar-refractivity contribution in [3.8, 4) is 5.75 Å². The average molecular weight is 287 g/mol. The normalized spacial score (nSPS) is 11.9. The van der Waals surface area contributed by atoms with Gasteiger partial charge in [0.15, 0.2) is 12.4 Å². The van der Waals surface area contributed by atoms with Crippen molar-refractivity contribution in [2.24, 2.45) is 0 Å². The van der Waals surface area contributed by atoms with Crippen molar-refractivity contribution < 1.29 is 19.4 Å². The van der Waals surface area contributed by atoms with Gasteiger partial charge in [0, 0.05) is 5.56 Å². The van der Waals surface area contributed by atoms with Crippen molar-refractivity contribution in [1.82, 2.24) is 0 Å². The first-order chi connectivity index (χ1) is 7.50. The zero-order chi connectivity index (χ0) is 12.1. The molecule has 0 spiro atoms. The maximum atomic E-state index is 11.5. The lowest BCUT2D eigenvalue weighted by atomic mass is 10.1. The van der Waals surface area contributed by atoms with Gasteiger partial charge in [0.1, 0.15) is 5.75 Å². The topological polar surface area (TPSA) is 63.6 Å². The summed E-state index contributed by atoms with van der Waals surface area (Å²) in [5.41, 5.74) is 0.562. The van der Waals surface area contributed by atoms with Crippen LogP contribution in [0, 0.1) is 0 Å². The molecule has 0 unspecified atom stereocenters. The van der Waals surface area contributed by atoms with Crippen LogP contribution in [-0.4, -0.2) is 28.3 Å². The van der Waals surface area contributed by atoms with Gasteiger partial charge in [-0.3, -0.25) is 4.79 Å². The van der Waals surface area contributed by atoms with Gasteiger partial charge in [-0.1, -0.05) is 15.9 Å². The third-order valence-corrected chi connectivity index (χ3v) is 2.28. The molecule has 86 valence electrons. The van der Waals surface area contributed by atoms with Crippen molar-refractivity contribution >= 4 is 27.7 Å². The van der Waals surface area contributed by atoms with Crippen LogP contribution >= 0.6 is 15.9 Å². The summed E-state index contributed by atoms with van der Waals surface area (Å²) in [7, 11) is 0. The van der Waals surface area contributed by atoms with E-state index in [2.05, 4.69) is 15.9 Å². The van der Waals surface area contributed by atoms with Gasteiger partial charge in [0.2, 0.25) is 0 Å². The highest BCUT2D eigenvalue weighted by atomic mass is 79.9. The van der Waals surface area contributed by atoms with Crippen molar-refractivity contribution in [2.75, 3.05) is 6.61 Å². The molecule has 16 heavy (non-hydrogen) atoms. The number of carbonyl (C=O) groups is 2. The molecular weight excluding hydrogens is 276 g/mol. The van der Waals surface area contributed by atoms with E-state index < -0.39 is 5.97 Å². The number of carbonyl (C=O) groups excluding carboxylic acids is 1. The highest BCUT2D eigenvalue weighted by Crippen LogP contribution is 2.15. The maximum absolute atomic E-state index is 11.5. The molecule has 1 aromatic carbocycles. The molecule has 1 aromatic rings. The highest BCUT2D eigenvalue weighted by Gasteiger charge is 2.11. The molecule has 0 aliphatic carbocycles. The summed E-state index contributed by atoms with van der Waals surface area (Å²) >= 11 is 3.19. The van der Waals surface area contributed by atoms with Crippen LogP contribution in [0.15, 0.2) is 24.3 Å². The van der Waals surface area contributed by atoms with E-state index in [9.17, 15) is 9.59 Å². The van der Waals surface area contributed by atoms with Gasteiger partial charge in [-0.05, 0) is 31.2 Å². The molecule has 5 heteroatoms. The van der Waals surface area contributed by atoms with Crippen LogP contribution < -0.4 is 4.74 Å². The second kappa shape index (κ2) is 5.65. The van der Waals surface area contributed by atoms with Crippen molar-refractivity contribution in [2.45, 2.75) is 11.8 Å². The van der Waals surface area contributed by atoms with Crippen LogP contribution in [-0.2, 0) is 4.79 Å². The molecule has 1 N–H and O–H groups in total. The fourth-order valence-corrected chi connectivity index (χ4v) is 1.35. The number of ether oxygens (including phenoxy) is 1. The zero-order valence-corrected chi connectivity index (χ0v) is 10.2. The Labute approximate surface area is 101 Å². The number of carboxylic acids is 1. The first-order valence-electron chi connectivity index (χ1n) is 4.63. The van der Waals surface area contributed by atoms with Gasteiger partial charge in [-0.2, -0.15) is 0 Å². The van der Waals surface area contributed by atoms with E-state index in [-0.39, 0.29) is 17.2 Å². The second-order valence-electron chi connectivity index (χ2n) is 3.19. The molecule has 0 bridgehead atoms. The Morgan fingerprint density at radius 2 is 1.94 bits per heavy atom. The minimum absolute atomic E-state index is 0.0233. The van der Waals surface area contributed by atoms with Gasteiger partial charge in [0.05, 0.1) is 4.83 Å². The molecule has 0 aromatic heterocycles. The quantitative estimate of drug-likeness (QED) is 0.665. The predicted molar refractivity (Wildman–Crippen MR) is 62.3 cm³/mol. The van der Waals surface area contributed by atoms with Crippen LogP contribution in [0.5, 0.6) is 5.75 Å². The van der Waals surface area contributed by atoms with Crippen LogP contribution in [0.1, 0.15) is 17.3 Å². The minimum atomic E-state index is -1.03. The lowest BCUT2D eigenvalue weighted by molar-refractivity contribution is -0.139. The number of carboxylic acid groups (broad SMARTS) is 1. The van der Waals surface area contributed by atoms with Gasteiger partial charge in [0.25, 0.3) is 0 Å². The molecule has 4 nitrogen and oxygen atoms in total. The predicted octanol–water partition coefficient (Wildman–Crippen LogP) is 2.12. The fourth-order valence-electron chi connectivity index (χ4n) is 1.09. The zero-order valence-electron chi connectivity index (χ0n) is 8.64. The molecule has 0 amide bonds. The Bertz CT molecular complexity index is 383. The van der Waals surface area contributed by atoms with Gasteiger partial charge in [-0.15, -0.1) is 0 Å². The minimum Gasteiger partial charge on any atom is -0.482 e. The van der Waals surface area contributed by atoms with E-state index in [0.717, 1.165) is 0 Å². The van der Waals surface area contributed by atoms with E-state index in [1.165, 1.54) is 0 Å². The van der Waals surface area contributed by atoms with E-state index in [0.29, 0.717) is 11.3 Å². The van der Waals surface area contributed by atoms with Gasteiger partial charge < -0.3 is 9.84 Å². The number of hydrogen-bond acceptors (Lipinski definition) is 3. The van der Waals surface area contributed by atoms with Gasteiger partial charge in [-0.25, -0.2) is 4.79 Å². The Hall–Kier alpha value is -1.36. The third-order valence-electron chi connectivity index (χ3n) is 1.86. The Balaban J connectivity index is 2.68. The number of hydrogen-bond donors (Lipinski definition) is 1. The molecule has 0 aliphatic heterocycles. The lowest BCUT2D eigenvalue weighted by Crippen LogP contribution is -2.11. The largest absolute Gasteiger partial charge is 0.482 e. The fraction of sp³-hybridized carbons (Fsp3) is 0.273. The second-order valence-corrected chi connectivity index (χ2v) is 4.56. The monoisotopic (exact) mass is 286 g/mol. The van der Waals surface area contributed by atoms with Gasteiger partial charge >= 0.3 is 5.97 Å². The average Bonchev–Trinajstić information content (AvgIpc) is 2.26. The summed E-state index contributed by atoms with van der Waals surface area (Å²) in [5, 5.41) is 8.41. The lowest BCUT2D eigenvalue weighted by Gasteiger charge is -2.05. The molecule has 0 fully saturated rings. The number of benzene rings is 1. The molecule has 0 saturated carbocycles. The van der Waals surface area contributed by atoms with Crippen LogP contribution in [0.4, 0.5) is 0 Å². The van der Waals surface area contributed by atoms with Crippen molar-refractivity contribution in [3.63, 3.8) is 0 Å². The Morgan fingerprint density at radius 1 is 1.38 bits per heavy atom. The van der Waals surface area contributed by atoms with Crippen LogP contribution in [0.25, 0.3) is 0 Å².